The van der Waals surface area contributed by atoms with Crippen LogP contribution in [-0.2, 0) is 20.9 Å². The minimum Gasteiger partial charge on any atom is -0.356 e. The molecule has 2 atom stereocenters. The Balaban J connectivity index is 1.82. The summed E-state index contributed by atoms with van der Waals surface area (Å²) in [7, 11) is 1.56. The number of morpholine rings is 1. The molecule has 0 aliphatic carbocycles. The fourth-order valence-electron chi connectivity index (χ4n) is 2.71. The van der Waals surface area contributed by atoms with E-state index in [1.165, 1.54) is 22.3 Å². The number of nitrogens with zero attached hydrogens (tertiary/aromatic N) is 1. The molecule has 1 fully saturated rings. The summed E-state index contributed by atoms with van der Waals surface area (Å²) < 4.78 is 19.6. The van der Waals surface area contributed by atoms with Gasteiger partial charge in [-0.2, -0.15) is 0 Å². The van der Waals surface area contributed by atoms with Crippen molar-refractivity contribution in [3.63, 3.8) is 0 Å². The molecule has 1 N–H and O–H groups in total. The molecule has 0 unspecified atom stereocenters. The summed E-state index contributed by atoms with van der Waals surface area (Å²) in [5.41, 5.74) is 0.268. The molecule has 2 aromatic rings. The Bertz CT molecular complexity index is 735. The van der Waals surface area contributed by atoms with E-state index in [0.29, 0.717) is 6.54 Å². The van der Waals surface area contributed by atoms with E-state index < -0.39 is 18.0 Å². The monoisotopic (exact) mass is 348 g/mol. The first-order valence-corrected chi connectivity index (χ1v) is 8.37. The van der Waals surface area contributed by atoms with E-state index in [4.69, 9.17) is 4.74 Å². The zero-order chi connectivity index (χ0) is 17.1. The number of carbonyl (C=O) groups excluding carboxylic acids is 2. The van der Waals surface area contributed by atoms with Crippen LogP contribution in [0.5, 0.6) is 0 Å². The zero-order valence-electron chi connectivity index (χ0n) is 13.1. The molecule has 0 spiro atoms. The van der Waals surface area contributed by atoms with Crippen molar-refractivity contribution in [2.45, 2.75) is 18.7 Å². The molecule has 2 amide bonds. The molecule has 1 aromatic heterocycles. The topological polar surface area (TPSA) is 58.6 Å². The van der Waals surface area contributed by atoms with Crippen molar-refractivity contribution in [3.8, 4) is 0 Å². The van der Waals surface area contributed by atoms with Gasteiger partial charge in [-0.1, -0.05) is 24.3 Å². The van der Waals surface area contributed by atoms with Crippen LogP contribution >= 0.6 is 11.3 Å². The van der Waals surface area contributed by atoms with Crippen LogP contribution in [0.4, 0.5) is 4.39 Å². The van der Waals surface area contributed by atoms with E-state index >= 15 is 0 Å². The van der Waals surface area contributed by atoms with Gasteiger partial charge in [0.2, 0.25) is 5.91 Å². The van der Waals surface area contributed by atoms with Gasteiger partial charge in [-0.15, -0.1) is 11.3 Å². The number of carbonyl (C=O) groups is 2. The quantitative estimate of drug-likeness (QED) is 0.921. The van der Waals surface area contributed by atoms with Crippen LogP contribution in [0.2, 0.25) is 0 Å². The largest absolute Gasteiger partial charge is 0.356 e. The second-order valence-corrected chi connectivity index (χ2v) is 6.53. The van der Waals surface area contributed by atoms with Crippen LogP contribution in [0.15, 0.2) is 41.8 Å². The number of hydrogen-bond donors (Lipinski definition) is 1. The van der Waals surface area contributed by atoms with Crippen molar-refractivity contribution in [3.05, 3.63) is 58.0 Å². The first kappa shape index (κ1) is 16.6. The summed E-state index contributed by atoms with van der Waals surface area (Å²) >= 11 is 1.53. The molecule has 1 aromatic carbocycles. The van der Waals surface area contributed by atoms with Gasteiger partial charge in [-0.3, -0.25) is 9.59 Å². The predicted molar refractivity (Wildman–Crippen MR) is 87.8 cm³/mol. The average molecular weight is 348 g/mol. The van der Waals surface area contributed by atoms with Gasteiger partial charge in [0.1, 0.15) is 12.4 Å². The van der Waals surface area contributed by atoms with Crippen molar-refractivity contribution < 1.29 is 18.7 Å². The molecule has 24 heavy (non-hydrogen) atoms. The van der Waals surface area contributed by atoms with E-state index in [2.05, 4.69) is 5.32 Å². The Morgan fingerprint density at radius 3 is 2.88 bits per heavy atom. The highest BCUT2D eigenvalue weighted by Gasteiger charge is 2.41. The van der Waals surface area contributed by atoms with Gasteiger partial charge in [0.25, 0.3) is 5.91 Å². The number of benzene rings is 1. The number of rotatable bonds is 4. The van der Waals surface area contributed by atoms with E-state index in [1.807, 2.05) is 17.5 Å². The van der Waals surface area contributed by atoms with Crippen molar-refractivity contribution in [2.24, 2.45) is 0 Å². The zero-order valence-corrected chi connectivity index (χ0v) is 13.9. The number of likely N-dealkylation sites (N-methyl/N-ethyl adjacent to an activating group) is 1. The molecule has 1 saturated heterocycles. The third kappa shape index (κ3) is 3.32. The second-order valence-electron chi connectivity index (χ2n) is 5.50. The molecule has 0 radical (unpaired) electrons. The lowest BCUT2D eigenvalue weighted by molar-refractivity contribution is -0.162. The van der Waals surface area contributed by atoms with Crippen LogP contribution in [0.3, 0.4) is 0 Å². The van der Waals surface area contributed by atoms with Gasteiger partial charge >= 0.3 is 0 Å². The van der Waals surface area contributed by atoms with E-state index in [0.717, 1.165) is 4.88 Å². The van der Waals surface area contributed by atoms with Crippen LogP contribution in [0.25, 0.3) is 0 Å². The first-order chi connectivity index (χ1) is 11.6. The Labute approximate surface area is 143 Å². The summed E-state index contributed by atoms with van der Waals surface area (Å²) in [4.78, 5) is 26.9. The third-order valence-electron chi connectivity index (χ3n) is 3.98. The smallest absolute Gasteiger partial charge is 0.251 e. The second kappa shape index (κ2) is 7.11. The standard InChI is InChI=1S/C17H17FN2O3S/c1-20-14(21)10-23-16(15(20)12-6-2-3-7-13(12)18)17(22)19-9-11-5-4-8-24-11/h2-8,15-16H,9-10H2,1H3,(H,19,22)/t15-,16+/m0/s1. The SMILES string of the molecule is CN1C(=O)CO[C@@H](C(=O)NCc2cccs2)[C@@H]1c1ccccc1F. The van der Waals surface area contributed by atoms with Crippen molar-refractivity contribution in [1.29, 1.82) is 0 Å². The maximum Gasteiger partial charge on any atom is 0.251 e. The number of ether oxygens (including phenoxy) is 1. The molecule has 1 aliphatic heterocycles. The maximum absolute atomic E-state index is 14.2. The van der Waals surface area contributed by atoms with E-state index in [9.17, 15) is 14.0 Å². The molecule has 0 saturated carbocycles. The Morgan fingerprint density at radius 2 is 2.17 bits per heavy atom. The number of thiophene rings is 1. The lowest BCUT2D eigenvalue weighted by atomic mass is 9.97. The highest BCUT2D eigenvalue weighted by molar-refractivity contribution is 7.09. The van der Waals surface area contributed by atoms with Crippen LogP contribution in [-0.4, -0.2) is 36.5 Å². The molecule has 0 bridgehead atoms. The summed E-state index contributed by atoms with van der Waals surface area (Å²) in [6.45, 7) is 0.177. The first-order valence-electron chi connectivity index (χ1n) is 7.49. The van der Waals surface area contributed by atoms with Gasteiger partial charge in [-0.25, -0.2) is 4.39 Å². The molecule has 5 nitrogen and oxygen atoms in total. The van der Waals surface area contributed by atoms with Crippen LogP contribution < -0.4 is 5.32 Å². The van der Waals surface area contributed by atoms with Gasteiger partial charge in [0.15, 0.2) is 6.10 Å². The minimum atomic E-state index is -0.954. The Morgan fingerprint density at radius 1 is 1.38 bits per heavy atom. The Kier molecular flexibility index (Phi) is 4.92. The molecule has 3 rings (SSSR count). The van der Waals surface area contributed by atoms with Gasteiger partial charge in [0.05, 0.1) is 12.6 Å². The Hall–Kier alpha value is -2.25. The van der Waals surface area contributed by atoms with Crippen LogP contribution in [0.1, 0.15) is 16.5 Å². The summed E-state index contributed by atoms with van der Waals surface area (Å²) in [6, 6.07) is 9.13. The van der Waals surface area contributed by atoms with Gasteiger partial charge in [-0.05, 0) is 17.5 Å². The fraction of sp³-hybridized carbons (Fsp3) is 0.294. The van der Waals surface area contributed by atoms with Crippen molar-refractivity contribution in [2.75, 3.05) is 13.7 Å². The lowest BCUT2D eigenvalue weighted by Crippen LogP contribution is -2.53. The number of hydrogen-bond acceptors (Lipinski definition) is 4. The summed E-state index contributed by atoms with van der Waals surface area (Å²) in [5, 5.41) is 4.72. The van der Waals surface area contributed by atoms with Crippen LogP contribution in [0, 0.1) is 5.82 Å². The number of amides is 2. The maximum atomic E-state index is 14.2. The summed E-state index contributed by atoms with van der Waals surface area (Å²) in [6.07, 6.45) is -0.954. The molecule has 7 heteroatoms. The van der Waals surface area contributed by atoms with E-state index in [1.54, 1.807) is 25.2 Å². The molecule has 1 aliphatic rings. The fourth-order valence-corrected chi connectivity index (χ4v) is 3.35. The number of halogens is 1. The molecule has 126 valence electrons. The highest BCUT2D eigenvalue weighted by Crippen LogP contribution is 2.30. The van der Waals surface area contributed by atoms with Crippen molar-refractivity contribution in [1.82, 2.24) is 10.2 Å². The van der Waals surface area contributed by atoms with Gasteiger partial charge in [0, 0.05) is 17.5 Å². The molecule has 2 heterocycles. The average Bonchev–Trinajstić information content (AvgIpc) is 3.09. The predicted octanol–water partition coefficient (Wildman–Crippen LogP) is 2.10. The third-order valence-corrected chi connectivity index (χ3v) is 4.86. The van der Waals surface area contributed by atoms with Crippen molar-refractivity contribution >= 4 is 23.2 Å². The van der Waals surface area contributed by atoms with E-state index in [-0.39, 0.29) is 24.0 Å². The lowest BCUT2D eigenvalue weighted by Gasteiger charge is -2.38. The normalized spacial score (nSPS) is 20.9. The highest BCUT2D eigenvalue weighted by atomic mass is 32.1. The molecular weight excluding hydrogens is 331 g/mol. The van der Waals surface area contributed by atoms with Gasteiger partial charge < -0.3 is 15.0 Å². The number of nitrogens with one attached hydrogen (secondary N) is 1. The summed E-state index contributed by atoms with van der Waals surface area (Å²) in [5.74, 6) is -1.12. The minimum absolute atomic E-state index is 0.196. The molecular formula is C17H17FN2O3S.